The van der Waals surface area contributed by atoms with E-state index < -0.39 is 11.9 Å². The fourth-order valence-corrected chi connectivity index (χ4v) is 2.86. The molecule has 1 saturated heterocycles. The SMILES string of the molecule is O=C(O)C1CCCN(C(=O)c2cccc(Oc3ccccc3)c2)C1. The first kappa shape index (κ1) is 16.1. The van der Waals surface area contributed by atoms with Gasteiger partial charge in [-0.3, -0.25) is 9.59 Å². The summed E-state index contributed by atoms with van der Waals surface area (Å²) in [6, 6.07) is 16.3. The Bertz CT molecular complexity index is 729. The van der Waals surface area contributed by atoms with Crippen LogP contribution >= 0.6 is 0 Å². The van der Waals surface area contributed by atoms with Gasteiger partial charge < -0.3 is 14.7 Å². The lowest BCUT2D eigenvalue weighted by molar-refractivity contribution is -0.143. The molecule has 0 bridgehead atoms. The Labute approximate surface area is 140 Å². The minimum absolute atomic E-state index is 0.153. The highest BCUT2D eigenvalue weighted by Crippen LogP contribution is 2.24. The highest BCUT2D eigenvalue weighted by Gasteiger charge is 2.28. The zero-order valence-electron chi connectivity index (χ0n) is 13.2. The summed E-state index contributed by atoms with van der Waals surface area (Å²) in [5.74, 6) is -0.190. The number of piperidine rings is 1. The van der Waals surface area contributed by atoms with E-state index in [-0.39, 0.29) is 12.5 Å². The number of carboxylic acids is 1. The molecule has 24 heavy (non-hydrogen) atoms. The van der Waals surface area contributed by atoms with Crippen molar-refractivity contribution in [2.75, 3.05) is 13.1 Å². The Balaban J connectivity index is 1.73. The van der Waals surface area contributed by atoms with Crippen molar-refractivity contribution in [1.29, 1.82) is 0 Å². The minimum atomic E-state index is -0.839. The van der Waals surface area contributed by atoms with Crippen LogP contribution in [0.25, 0.3) is 0 Å². The second kappa shape index (κ2) is 7.17. The van der Waals surface area contributed by atoms with Gasteiger partial charge in [-0.25, -0.2) is 0 Å². The quantitative estimate of drug-likeness (QED) is 0.935. The van der Waals surface area contributed by atoms with Crippen LogP contribution in [0.2, 0.25) is 0 Å². The van der Waals surface area contributed by atoms with Crippen molar-refractivity contribution >= 4 is 11.9 Å². The van der Waals surface area contributed by atoms with E-state index in [1.54, 1.807) is 29.2 Å². The van der Waals surface area contributed by atoms with Gasteiger partial charge in [-0.1, -0.05) is 24.3 Å². The lowest BCUT2D eigenvalue weighted by Gasteiger charge is -2.30. The van der Waals surface area contributed by atoms with E-state index in [9.17, 15) is 9.59 Å². The average Bonchev–Trinajstić information content (AvgIpc) is 2.62. The number of carbonyl (C=O) groups excluding carboxylic acids is 1. The zero-order chi connectivity index (χ0) is 16.9. The maximum absolute atomic E-state index is 12.6. The van der Waals surface area contributed by atoms with Crippen molar-refractivity contribution < 1.29 is 19.4 Å². The summed E-state index contributed by atoms with van der Waals surface area (Å²) in [5, 5.41) is 9.16. The molecule has 1 amide bonds. The van der Waals surface area contributed by atoms with Crippen molar-refractivity contribution in [3.63, 3.8) is 0 Å². The van der Waals surface area contributed by atoms with Crippen LogP contribution in [0.1, 0.15) is 23.2 Å². The normalized spacial score (nSPS) is 17.3. The van der Waals surface area contributed by atoms with E-state index in [0.29, 0.717) is 36.4 Å². The summed E-state index contributed by atoms with van der Waals surface area (Å²) in [7, 11) is 0. The molecule has 1 fully saturated rings. The molecule has 0 aliphatic carbocycles. The van der Waals surface area contributed by atoms with Gasteiger partial charge in [0.2, 0.25) is 0 Å². The number of aliphatic carboxylic acids is 1. The van der Waals surface area contributed by atoms with Crippen LogP contribution in [0.4, 0.5) is 0 Å². The molecule has 2 aromatic rings. The molecular formula is C19H19NO4. The Hall–Kier alpha value is -2.82. The van der Waals surface area contributed by atoms with E-state index in [1.807, 2.05) is 30.3 Å². The number of amides is 1. The summed E-state index contributed by atoms with van der Waals surface area (Å²) in [6.45, 7) is 0.852. The maximum atomic E-state index is 12.6. The van der Waals surface area contributed by atoms with Crippen LogP contribution in [-0.4, -0.2) is 35.0 Å². The minimum Gasteiger partial charge on any atom is -0.481 e. The summed E-state index contributed by atoms with van der Waals surface area (Å²) in [4.78, 5) is 25.4. The van der Waals surface area contributed by atoms with Crippen LogP contribution < -0.4 is 4.74 Å². The summed E-state index contributed by atoms with van der Waals surface area (Å²) in [6.07, 6.45) is 1.33. The second-order valence-corrected chi connectivity index (χ2v) is 5.87. The summed E-state index contributed by atoms with van der Waals surface area (Å²) in [5.41, 5.74) is 0.509. The molecule has 0 aromatic heterocycles. The Kier molecular flexibility index (Phi) is 4.79. The molecule has 1 atom stereocenters. The van der Waals surface area contributed by atoms with Crippen molar-refractivity contribution in [2.24, 2.45) is 5.92 Å². The molecule has 0 saturated carbocycles. The maximum Gasteiger partial charge on any atom is 0.308 e. The van der Waals surface area contributed by atoms with Crippen molar-refractivity contribution in [3.05, 3.63) is 60.2 Å². The first-order chi connectivity index (χ1) is 11.6. The van der Waals surface area contributed by atoms with Gasteiger partial charge in [0.15, 0.2) is 0 Å². The number of hydrogen-bond acceptors (Lipinski definition) is 3. The zero-order valence-corrected chi connectivity index (χ0v) is 13.2. The third-order valence-electron chi connectivity index (χ3n) is 4.12. The van der Waals surface area contributed by atoms with E-state index in [0.717, 1.165) is 0 Å². The van der Waals surface area contributed by atoms with E-state index in [4.69, 9.17) is 9.84 Å². The first-order valence-electron chi connectivity index (χ1n) is 7.98. The number of para-hydroxylation sites is 1. The van der Waals surface area contributed by atoms with Gasteiger partial charge >= 0.3 is 5.97 Å². The van der Waals surface area contributed by atoms with Crippen molar-refractivity contribution in [2.45, 2.75) is 12.8 Å². The van der Waals surface area contributed by atoms with Gasteiger partial charge in [-0.2, -0.15) is 0 Å². The number of rotatable bonds is 4. The molecule has 5 nitrogen and oxygen atoms in total. The standard InChI is InChI=1S/C19H19NO4/c21-18(20-11-5-7-15(13-20)19(22)23)14-6-4-10-17(12-14)24-16-8-2-1-3-9-16/h1-4,6,8-10,12,15H,5,7,11,13H2,(H,22,23). The third-order valence-corrected chi connectivity index (χ3v) is 4.12. The summed E-state index contributed by atoms with van der Waals surface area (Å²) >= 11 is 0. The second-order valence-electron chi connectivity index (χ2n) is 5.87. The van der Waals surface area contributed by atoms with E-state index >= 15 is 0 Å². The largest absolute Gasteiger partial charge is 0.481 e. The van der Waals surface area contributed by atoms with Crippen LogP contribution in [0.3, 0.4) is 0 Å². The van der Waals surface area contributed by atoms with E-state index in [1.165, 1.54) is 0 Å². The molecular weight excluding hydrogens is 306 g/mol. The monoisotopic (exact) mass is 325 g/mol. The summed E-state index contributed by atoms with van der Waals surface area (Å²) < 4.78 is 5.75. The van der Waals surface area contributed by atoms with Gasteiger partial charge in [0.1, 0.15) is 11.5 Å². The molecule has 5 heteroatoms. The van der Waals surface area contributed by atoms with Crippen molar-refractivity contribution in [3.8, 4) is 11.5 Å². The number of ether oxygens (including phenoxy) is 1. The van der Waals surface area contributed by atoms with Crippen LogP contribution in [0.15, 0.2) is 54.6 Å². The topological polar surface area (TPSA) is 66.8 Å². The highest BCUT2D eigenvalue weighted by molar-refractivity contribution is 5.95. The smallest absolute Gasteiger partial charge is 0.308 e. The van der Waals surface area contributed by atoms with E-state index in [2.05, 4.69) is 0 Å². The van der Waals surface area contributed by atoms with Gasteiger partial charge in [0, 0.05) is 18.7 Å². The molecule has 0 spiro atoms. The molecule has 124 valence electrons. The highest BCUT2D eigenvalue weighted by atomic mass is 16.5. The van der Waals surface area contributed by atoms with Crippen LogP contribution in [0.5, 0.6) is 11.5 Å². The van der Waals surface area contributed by atoms with Gasteiger partial charge in [0.05, 0.1) is 5.92 Å². The average molecular weight is 325 g/mol. The van der Waals surface area contributed by atoms with Gasteiger partial charge in [-0.15, -0.1) is 0 Å². The molecule has 1 N–H and O–H groups in total. The Morgan fingerprint density at radius 3 is 2.54 bits per heavy atom. The molecule has 0 radical (unpaired) electrons. The van der Waals surface area contributed by atoms with Gasteiger partial charge in [0.25, 0.3) is 5.91 Å². The fraction of sp³-hybridized carbons (Fsp3) is 0.263. The predicted molar refractivity (Wildman–Crippen MR) is 89.2 cm³/mol. The third kappa shape index (κ3) is 3.74. The Morgan fingerprint density at radius 1 is 1.04 bits per heavy atom. The molecule has 2 aromatic carbocycles. The molecule has 1 unspecified atom stereocenters. The van der Waals surface area contributed by atoms with Crippen LogP contribution in [-0.2, 0) is 4.79 Å². The number of hydrogen-bond donors (Lipinski definition) is 1. The fourth-order valence-electron chi connectivity index (χ4n) is 2.86. The molecule has 3 rings (SSSR count). The lowest BCUT2D eigenvalue weighted by Crippen LogP contribution is -2.42. The van der Waals surface area contributed by atoms with Crippen LogP contribution in [0, 0.1) is 5.92 Å². The molecule has 1 aliphatic rings. The number of carboxylic acid groups (broad SMARTS) is 1. The molecule has 1 aliphatic heterocycles. The first-order valence-corrected chi connectivity index (χ1v) is 7.98. The number of nitrogens with zero attached hydrogens (tertiary/aromatic N) is 1. The Morgan fingerprint density at radius 2 is 1.79 bits per heavy atom. The predicted octanol–water partition coefficient (Wildman–Crippen LogP) is 3.42. The molecule has 1 heterocycles. The number of likely N-dealkylation sites (tertiary alicyclic amines) is 1. The number of carbonyl (C=O) groups is 2. The number of benzene rings is 2. The lowest BCUT2D eigenvalue weighted by atomic mass is 9.97. The van der Waals surface area contributed by atoms with Crippen molar-refractivity contribution in [1.82, 2.24) is 4.90 Å². The van der Waals surface area contributed by atoms with Gasteiger partial charge in [-0.05, 0) is 43.2 Å².